The van der Waals surface area contributed by atoms with E-state index in [2.05, 4.69) is 29.8 Å². The fourth-order valence-corrected chi connectivity index (χ4v) is 3.74. The molecule has 3 nitrogen and oxygen atoms in total. The number of aromatic nitrogens is 2. The highest BCUT2D eigenvalue weighted by Gasteiger charge is 2.37. The minimum Gasteiger partial charge on any atom is -0.327 e. The van der Waals surface area contributed by atoms with Gasteiger partial charge >= 0.3 is 0 Å². The van der Waals surface area contributed by atoms with Crippen LogP contribution in [0.5, 0.6) is 0 Å². The third-order valence-corrected chi connectivity index (χ3v) is 4.96. The first-order chi connectivity index (χ1) is 9.72. The largest absolute Gasteiger partial charge is 0.327 e. The van der Waals surface area contributed by atoms with Gasteiger partial charge in [-0.1, -0.05) is 24.6 Å². The number of hydrogen-bond acceptors (Lipinski definition) is 2. The highest BCUT2D eigenvalue weighted by Crippen LogP contribution is 2.37. The van der Waals surface area contributed by atoms with E-state index in [4.69, 9.17) is 16.6 Å². The van der Waals surface area contributed by atoms with Gasteiger partial charge < -0.3 is 9.88 Å². The van der Waals surface area contributed by atoms with Gasteiger partial charge in [-0.05, 0) is 44.9 Å². The summed E-state index contributed by atoms with van der Waals surface area (Å²) in [5.74, 6) is 1.21. The predicted octanol–water partition coefficient (Wildman–Crippen LogP) is 3.74. The molecule has 20 heavy (non-hydrogen) atoms. The average Bonchev–Trinajstić information content (AvgIpc) is 2.88. The van der Waals surface area contributed by atoms with Crippen LogP contribution in [0.3, 0.4) is 0 Å². The van der Waals surface area contributed by atoms with Crippen LogP contribution in [0.15, 0.2) is 18.2 Å². The quantitative estimate of drug-likeness (QED) is 0.933. The van der Waals surface area contributed by atoms with E-state index < -0.39 is 0 Å². The van der Waals surface area contributed by atoms with E-state index in [0.717, 1.165) is 42.1 Å². The number of halogens is 1. The zero-order valence-electron chi connectivity index (χ0n) is 12.2. The van der Waals surface area contributed by atoms with E-state index in [1.54, 1.807) is 0 Å². The Hall–Kier alpha value is -1.06. The molecule has 1 aliphatic heterocycles. The predicted molar refractivity (Wildman–Crippen MR) is 84.5 cm³/mol. The number of benzene rings is 1. The lowest BCUT2D eigenvalue weighted by Gasteiger charge is -2.36. The highest BCUT2D eigenvalue weighted by atomic mass is 35.5. The Morgan fingerprint density at radius 2 is 2.25 bits per heavy atom. The Kier molecular flexibility index (Phi) is 3.74. The molecule has 0 aliphatic carbocycles. The molecule has 0 bridgehead atoms. The number of rotatable bonds is 3. The standard InChI is InChI=1S/C16H22ClN3/c1-3-16(9-6-10-18-11-16)15-19-13-8-5-7-12(17)14(13)20(15)4-2/h5,7-8,18H,3-4,6,9-11H2,1-2H3. The number of imidazole rings is 1. The van der Waals surface area contributed by atoms with Crippen LogP contribution in [0.1, 0.15) is 38.9 Å². The van der Waals surface area contributed by atoms with Gasteiger partial charge in [-0.15, -0.1) is 0 Å². The fraction of sp³-hybridized carbons (Fsp3) is 0.562. The molecule has 1 aliphatic rings. The molecule has 4 heteroatoms. The second-order valence-electron chi connectivity index (χ2n) is 5.70. The Morgan fingerprint density at radius 1 is 1.40 bits per heavy atom. The van der Waals surface area contributed by atoms with Crippen molar-refractivity contribution in [3.05, 3.63) is 29.0 Å². The molecular weight excluding hydrogens is 270 g/mol. The number of hydrogen-bond donors (Lipinski definition) is 1. The van der Waals surface area contributed by atoms with Crippen molar-refractivity contribution in [3.8, 4) is 0 Å². The van der Waals surface area contributed by atoms with E-state index in [1.807, 2.05) is 12.1 Å². The molecule has 0 radical (unpaired) electrons. The van der Waals surface area contributed by atoms with Crippen LogP contribution in [0.25, 0.3) is 11.0 Å². The number of piperidine rings is 1. The van der Waals surface area contributed by atoms with Crippen molar-refractivity contribution >= 4 is 22.6 Å². The van der Waals surface area contributed by atoms with Crippen molar-refractivity contribution < 1.29 is 0 Å². The maximum Gasteiger partial charge on any atom is 0.117 e. The van der Waals surface area contributed by atoms with E-state index >= 15 is 0 Å². The molecule has 2 heterocycles. The second kappa shape index (κ2) is 5.38. The van der Waals surface area contributed by atoms with Crippen LogP contribution in [-0.2, 0) is 12.0 Å². The molecule has 108 valence electrons. The molecule has 0 saturated carbocycles. The van der Waals surface area contributed by atoms with Crippen LogP contribution >= 0.6 is 11.6 Å². The zero-order chi connectivity index (χ0) is 14.2. The lowest BCUT2D eigenvalue weighted by molar-refractivity contribution is 0.280. The molecule has 1 atom stereocenters. The van der Waals surface area contributed by atoms with Crippen LogP contribution in [-0.4, -0.2) is 22.6 Å². The SMILES string of the molecule is CCn1c(C2(CC)CCCNC2)nc2cccc(Cl)c21. The Morgan fingerprint density at radius 3 is 2.90 bits per heavy atom. The number of nitrogens with one attached hydrogen (secondary N) is 1. The van der Waals surface area contributed by atoms with Crippen molar-refractivity contribution in [2.24, 2.45) is 0 Å². The van der Waals surface area contributed by atoms with E-state index in [9.17, 15) is 0 Å². The summed E-state index contributed by atoms with van der Waals surface area (Å²) in [5, 5.41) is 4.35. The summed E-state index contributed by atoms with van der Waals surface area (Å²) in [5.41, 5.74) is 2.26. The first-order valence-corrected chi connectivity index (χ1v) is 7.95. The number of nitrogens with zero attached hydrogens (tertiary/aromatic N) is 2. The van der Waals surface area contributed by atoms with Gasteiger partial charge in [0.1, 0.15) is 5.82 Å². The minimum atomic E-state index is 0.149. The topological polar surface area (TPSA) is 29.9 Å². The molecule has 0 spiro atoms. The molecule has 1 saturated heterocycles. The van der Waals surface area contributed by atoms with Crippen molar-refractivity contribution in [2.75, 3.05) is 13.1 Å². The van der Waals surface area contributed by atoms with Gasteiger partial charge in [0.05, 0.1) is 16.1 Å². The van der Waals surface area contributed by atoms with Gasteiger partial charge in [-0.3, -0.25) is 0 Å². The molecule has 3 rings (SSSR count). The van der Waals surface area contributed by atoms with Gasteiger partial charge in [-0.2, -0.15) is 0 Å². The van der Waals surface area contributed by atoms with Crippen LogP contribution in [0, 0.1) is 0 Å². The van der Waals surface area contributed by atoms with Gasteiger partial charge in [0.2, 0.25) is 0 Å². The number of aryl methyl sites for hydroxylation is 1. The first kappa shape index (κ1) is 13.9. The third-order valence-electron chi connectivity index (χ3n) is 4.66. The fourth-order valence-electron chi connectivity index (χ4n) is 3.47. The van der Waals surface area contributed by atoms with E-state index in [-0.39, 0.29) is 5.41 Å². The summed E-state index contributed by atoms with van der Waals surface area (Å²) in [6.45, 7) is 7.50. The average molecular weight is 292 g/mol. The van der Waals surface area contributed by atoms with Crippen LogP contribution in [0.2, 0.25) is 5.02 Å². The molecular formula is C16H22ClN3. The van der Waals surface area contributed by atoms with Crippen LogP contribution < -0.4 is 5.32 Å². The third kappa shape index (κ3) is 2.04. The molecule has 0 amide bonds. The van der Waals surface area contributed by atoms with E-state index in [0.29, 0.717) is 0 Å². The van der Waals surface area contributed by atoms with Crippen molar-refractivity contribution in [1.29, 1.82) is 0 Å². The summed E-state index contributed by atoms with van der Waals surface area (Å²) < 4.78 is 2.31. The second-order valence-corrected chi connectivity index (χ2v) is 6.11. The monoisotopic (exact) mass is 291 g/mol. The smallest absolute Gasteiger partial charge is 0.117 e. The maximum absolute atomic E-state index is 6.41. The summed E-state index contributed by atoms with van der Waals surface area (Å²) in [6.07, 6.45) is 3.53. The lowest BCUT2D eigenvalue weighted by atomic mass is 9.77. The van der Waals surface area contributed by atoms with Crippen molar-refractivity contribution in [2.45, 2.75) is 45.1 Å². The first-order valence-electron chi connectivity index (χ1n) is 7.58. The molecule has 1 N–H and O–H groups in total. The maximum atomic E-state index is 6.41. The van der Waals surface area contributed by atoms with Crippen molar-refractivity contribution in [3.63, 3.8) is 0 Å². The zero-order valence-corrected chi connectivity index (χ0v) is 13.0. The van der Waals surface area contributed by atoms with Gasteiger partial charge in [0.25, 0.3) is 0 Å². The Bertz CT molecular complexity index is 611. The minimum absolute atomic E-state index is 0.149. The molecule has 1 unspecified atom stereocenters. The normalized spacial score (nSPS) is 23.4. The Labute approximate surface area is 125 Å². The summed E-state index contributed by atoms with van der Waals surface area (Å²) in [6, 6.07) is 6.01. The van der Waals surface area contributed by atoms with E-state index in [1.165, 1.54) is 18.7 Å². The number of para-hydroxylation sites is 1. The van der Waals surface area contributed by atoms with Crippen LogP contribution in [0.4, 0.5) is 0 Å². The summed E-state index contributed by atoms with van der Waals surface area (Å²) >= 11 is 6.41. The highest BCUT2D eigenvalue weighted by molar-refractivity contribution is 6.35. The summed E-state index contributed by atoms with van der Waals surface area (Å²) in [4.78, 5) is 4.95. The van der Waals surface area contributed by atoms with Gasteiger partial charge in [0, 0.05) is 18.5 Å². The molecule has 1 fully saturated rings. The number of fused-ring (bicyclic) bond motifs is 1. The molecule has 1 aromatic carbocycles. The Balaban J connectivity index is 2.22. The lowest BCUT2D eigenvalue weighted by Crippen LogP contribution is -2.44. The van der Waals surface area contributed by atoms with Crippen molar-refractivity contribution in [1.82, 2.24) is 14.9 Å². The molecule has 1 aromatic heterocycles. The summed E-state index contributed by atoms with van der Waals surface area (Å²) in [7, 11) is 0. The van der Waals surface area contributed by atoms with Gasteiger partial charge in [0.15, 0.2) is 0 Å². The van der Waals surface area contributed by atoms with Gasteiger partial charge in [-0.25, -0.2) is 4.98 Å². The molecule has 2 aromatic rings.